The van der Waals surface area contributed by atoms with Crippen LogP contribution in [0.3, 0.4) is 0 Å². The minimum Gasteiger partial charge on any atom is -0.492 e. The zero-order valence-electron chi connectivity index (χ0n) is 18.1. The van der Waals surface area contributed by atoms with Gasteiger partial charge in [-0.1, -0.05) is 51.8 Å². The second kappa shape index (κ2) is 11.3. The van der Waals surface area contributed by atoms with Crippen LogP contribution in [0.2, 0.25) is 5.02 Å². The molecule has 33 heavy (non-hydrogen) atoms. The van der Waals surface area contributed by atoms with Crippen molar-refractivity contribution in [3.05, 3.63) is 93.7 Å². The highest BCUT2D eigenvalue weighted by Gasteiger charge is 2.11. The van der Waals surface area contributed by atoms with Crippen molar-refractivity contribution >= 4 is 44.5 Å². The lowest BCUT2D eigenvalue weighted by atomic mass is 10.2. The molecule has 0 spiro atoms. The summed E-state index contributed by atoms with van der Waals surface area (Å²) >= 11 is 9.54. The maximum absolute atomic E-state index is 12.4. The van der Waals surface area contributed by atoms with E-state index in [-0.39, 0.29) is 5.91 Å². The van der Waals surface area contributed by atoms with Crippen LogP contribution >= 0.6 is 27.5 Å². The van der Waals surface area contributed by atoms with Gasteiger partial charge in [-0.2, -0.15) is 0 Å². The van der Waals surface area contributed by atoms with Gasteiger partial charge in [0.05, 0.1) is 22.7 Å². The minimum absolute atomic E-state index is 0.0816. The van der Waals surface area contributed by atoms with Crippen molar-refractivity contribution in [2.75, 3.05) is 13.2 Å². The number of ether oxygens (including phenoxy) is 1. The summed E-state index contributed by atoms with van der Waals surface area (Å²) in [5, 5.41) is 3.63. The van der Waals surface area contributed by atoms with E-state index in [0.29, 0.717) is 30.2 Å². The van der Waals surface area contributed by atoms with Crippen LogP contribution in [0.1, 0.15) is 29.0 Å². The summed E-state index contributed by atoms with van der Waals surface area (Å²) in [4.78, 5) is 17.2. The number of benzene rings is 3. The van der Waals surface area contributed by atoms with Crippen molar-refractivity contribution in [3.8, 4) is 5.75 Å². The Morgan fingerprint density at radius 3 is 2.58 bits per heavy atom. The first kappa shape index (κ1) is 23.3. The summed E-state index contributed by atoms with van der Waals surface area (Å²) in [6.45, 7) is 1.96. The third kappa shape index (κ3) is 6.15. The molecule has 0 radical (unpaired) electrons. The van der Waals surface area contributed by atoms with Gasteiger partial charge in [0, 0.05) is 29.5 Å². The lowest BCUT2D eigenvalue weighted by molar-refractivity contribution is 0.0954. The Kier molecular flexibility index (Phi) is 8.02. The number of unbranched alkanes of at least 4 members (excludes halogenated alkanes) is 1. The molecule has 170 valence electrons. The van der Waals surface area contributed by atoms with Gasteiger partial charge in [-0.25, -0.2) is 4.98 Å². The molecule has 4 aromatic rings. The quantitative estimate of drug-likeness (QED) is 0.247. The molecular weight excluding hydrogens is 502 g/mol. The molecule has 0 saturated heterocycles. The Morgan fingerprint density at radius 1 is 1.00 bits per heavy atom. The van der Waals surface area contributed by atoms with Gasteiger partial charge in [0.1, 0.15) is 11.6 Å². The van der Waals surface area contributed by atoms with Crippen LogP contribution in [0.15, 0.2) is 77.3 Å². The maximum atomic E-state index is 12.4. The lowest BCUT2D eigenvalue weighted by Gasteiger charge is -2.11. The van der Waals surface area contributed by atoms with Crippen molar-refractivity contribution in [2.24, 2.45) is 0 Å². The molecule has 4 rings (SSSR count). The first-order chi connectivity index (χ1) is 16.1. The smallest absolute Gasteiger partial charge is 0.251 e. The molecule has 1 aromatic heterocycles. The Bertz CT molecular complexity index is 1220. The predicted octanol–water partition coefficient (Wildman–Crippen LogP) is 6.28. The highest BCUT2D eigenvalue weighted by Crippen LogP contribution is 2.23. The Hall–Kier alpha value is -2.83. The molecule has 3 aromatic carbocycles. The van der Waals surface area contributed by atoms with Crippen molar-refractivity contribution in [3.63, 3.8) is 0 Å². The lowest BCUT2D eigenvalue weighted by Crippen LogP contribution is -2.26. The van der Waals surface area contributed by atoms with E-state index in [0.717, 1.165) is 46.5 Å². The van der Waals surface area contributed by atoms with Crippen LogP contribution in [0.25, 0.3) is 11.0 Å². The average Bonchev–Trinajstić information content (AvgIpc) is 3.17. The predicted molar refractivity (Wildman–Crippen MR) is 136 cm³/mol. The molecule has 0 unspecified atom stereocenters. The molecular formula is C26H25BrClN3O2. The largest absolute Gasteiger partial charge is 0.492 e. The normalized spacial score (nSPS) is 11.0. The fourth-order valence-electron chi connectivity index (χ4n) is 3.67. The van der Waals surface area contributed by atoms with Crippen LogP contribution < -0.4 is 10.1 Å². The number of para-hydroxylation sites is 3. The number of nitrogens with zero attached hydrogens (tertiary/aromatic N) is 2. The molecule has 1 heterocycles. The second-order valence-electron chi connectivity index (χ2n) is 7.67. The molecule has 0 fully saturated rings. The number of fused-ring (bicyclic) bond motifs is 1. The maximum Gasteiger partial charge on any atom is 0.251 e. The van der Waals surface area contributed by atoms with Crippen molar-refractivity contribution in [1.82, 2.24) is 14.9 Å². The van der Waals surface area contributed by atoms with E-state index in [1.807, 2.05) is 54.6 Å². The van der Waals surface area contributed by atoms with E-state index in [4.69, 9.17) is 21.3 Å². The zero-order chi connectivity index (χ0) is 23.0. The summed E-state index contributed by atoms with van der Waals surface area (Å²) in [7, 11) is 0. The van der Waals surface area contributed by atoms with Gasteiger partial charge in [0.15, 0.2) is 0 Å². The number of hydrogen-bond donors (Lipinski definition) is 1. The topological polar surface area (TPSA) is 56.2 Å². The van der Waals surface area contributed by atoms with Gasteiger partial charge in [-0.05, 0) is 61.4 Å². The van der Waals surface area contributed by atoms with Gasteiger partial charge in [-0.15, -0.1) is 0 Å². The number of nitrogens with one attached hydrogen (secondary N) is 1. The number of carbonyl (C=O) groups excluding carboxylic acids is 1. The first-order valence-corrected chi connectivity index (χ1v) is 12.1. The fraction of sp³-hybridized carbons (Fsp3) is 0.231. The van der Waals surface area contributed by atoms with E-state index in [2.05, 4.69) is 31.9 Å². The molecule has 0 aliphatic rings. The standard InChI is InChI=1S/C26H25BrClN3O2/c27-20-13-11-19(12-14-20)26(32)29-16-15-25-30-22-8-2-3-9-23(22)31(25)17-5-6-18-33-24-10-4-1-7-21(24)28/h1-4,7-14H,5-6,15-18H2,(H,29,32). The molecule has 7 heteroatoms. The Morgan fingerprint density at radius 2 is 1.76 bits per heavy atom. The highest BCUT2D eigenvalue weighted by molar-refractivity contribution is 9.10. The average molecular weight is 527 g/mol. The van der Waals surface area contributed by atoms with Crippen molar-refractivity contribution in [2.45, 2.75) is 25.8 Å². The van der Waals surface area contributed by atoms with Crippen molar-refractivity contribution in [1.29, 1.82) is 0 Å². The van der Waals surface area contributed by atoms with Crippen molar-refractivity contribution < 1.29 is 9.53 Å². The van der Waals surface area contributed by atoms with E-state index >= 15 is 0 Å². The summed E-state index contributed by atoms with van der Waals surface area (Å²) in [5.41, 5.74) is 2.73. The number of hydrogen-bond acceptors (Lipinski definition) is 3. The highest BCUT2D eigenvalue weighted by atomic mass is 79.9. The summed E-state index contributed by atoms with van der Waals surface area (Å²) in [5.74, 6) is 1.61. The zero-order valence-corrected chi connectivity index (χ0v) is 20.5. The number of aromatic nitrogens is 2. The molecule has 0 aliphatic heterocycles. The molecule has 1 N–H and O–H groups in total. The number of rotatable bonds is 10. The van der Waals surface area contributed by atoms with E-state index < -0.39 is 0 Å². The number of amides is 1. The molecule has 1 amide bonds. The number of imidazole rings is 1. The van der Waals surface area contributed by atoms with Crippen LogP contribution in [-0.4, -0.2) is 28.6 Å². The molecule has 0 saturated carbocycles. The molecule has 5 nitrogen and oxygen atoms in total. The molecule has 0 aliphatic carbocycles. The SMILES string of the molecule is O=C(NCCc1nc2ccccc2n1CCCCOc1ccccc1Cl)c1ccc(Br)cc1. The van der Waals surface area contributed by atoms with E-state index in [1.165, 1.54) is 0 Å². The summed E-state index contributed by atoms with van der Waals surface area (Å²) < 4.78 is 9.00. The van der Waals surface area contributed by atoms with Crippen LogP contribution in [-0.2, 0) is 13.0 Å². The van der Waals surface area contributed by atoms with Crippen LogP contribution in [0.5, 0.6) is 5.75 Å². The first-order valence-electron chi connectivity index (χ1n) is 11.0. The third-order valence-electron chi connectivity index (χ3n) is 5.34. The number of halogens is 2. The van der Waals surface area contributed by atoms with Crippen LogP contribution in [0, 0.1) is 0 Å². The molecule has 0 atom stereocenters. The second-order valence-corrected chi connectivity index (χ2v) is 8.99. The summed E-state index contributed by atoms with van der Waals surface area (Å²) in [6.07, 6.45) is 2.51. The third-order valence-corrected chi connectivity index (χ3v) is 6.19. The fourth-order valence-corrected chi connectivity index (χ4v) is 4.13. The monoisotopic (exact) mass is 525 g/mol. The van der Waals surface area contributed by atoms with Gasteiger partial charge in [-0.3, -0.25) is 4.79 Å². The van der Waals surface area contributed by atoms with Gasteiger partial charge >= 0.3 is 0 Å². The minimum atomic E-state index is -0.0816. The molecule has 0 bridgehead atoms. The van der Waals surface area contributed by atoms with Gasteiger partial charge in [0.25, 0.3) is 5.91 Å². The summed E-state index contributed by atoms with van der Waals surface area (Å²) in [6, 6.07) is 23.0. The van der Waals surface area contributed by atoms with Crippen LogP contribution in [0.4, 0.5) is 0 Å². The Balaban J connectivity index is 1.33. The van der Waals surface area contributed by atoms with Gasteiger partial charge in [0.2, 0.25) is 0 Å². The Labute approximate surface area is 206 Å². The van der Waals surface area contributed by atoms with Gasteiger partial charge < -0.3 is 14.6 Å². The van der Waals surface area contributed by atoms with E-state index in [9.17, 15) is 4.79 Å². The number of carbonyl (C=O) groups is 1. The van der Waals surface area contributed by atoms with E-state index in [1.54, 1.807) is 12.1 Å². The number of aryl methyl sites for hydroxylation is 1.